The number of rotatable bonds is 3. The molecule has 2 N–H and O–H groups in total. The molecule has 16 heavy (non-hydrogen) atoms. The van der Waals surface area contributed by atoms with Crippen molar-refractivity contribution in [2.75, 3.05) is 24.2 Å². The van der Waals surface area contributed by atoms with Crippen LogP contribution in [0, 0.1) is 0 Å². The quantitative estimate of drug-likeness (QED) is 0.901. The molecule has 0 aliphatic carbocycles. The Balaban J connectivity index is 2.70. The van der Waals surface area contributed by atoms with E-state index in [-0.39, 0.29) is 11.6 Å². The molecule has 0 saturated heterocycles. The maximum atomic E-state index is 12.0. The molecule has 0 unspecified atom stereocenters. The summed E-state index contributed by atoms with van der Waals surface area (Å²) in [5.74, 6) is 0.292. The van der Waals surface area contributed by atoms with Gasteiger partial charge in [-0.3, -0.25) is 0 Å². The van der Waals surface area contributed by atoms with Crippen molar-refractivity contribution in [2.24, 2.45) is 0 Å². The number of anilines is 2. The van der Waals surface area contributed by atoms with Crippen LogP contribution >= 0.6 is 11.6 Å². The lowest BCUT2D eigenvalue weighted by Gasteiger charge is -2.20. The lowest BCUT2D eigenvalue weighted by molar-refractivity contribution is -0.132. The van der Waals surface area contributed by atoms with Gasteiger partial charge in [-0.1, -0.05) is 11.6 Å². The van der Waals surface area contributed by atoms with Gasteiger partial charge in [0.05, 0.1) is 23.3 Å². The number of nitrogens with zero attached hydrogens (tertiary/aromatic N) is 2. The molecule has 1 aromatic rings. The van der Waals surface area contributed by atoms with Crippen LogP contribution in [-0.4, -0.2) is 24.8 Å². The first-order valence-electron chi connectivity index (χ1n) is 4.48. The molecule has 0 spiro atoms. The third-order valence-corrected chi connectivity index (χ3v) is 2.21. The molecule has 0 fully saturated rings. The van der Waals surface area contributed by atoms with Crippen LogP contribution in [0.15, 0.2) is 12.3 Å². The first-order chi connectivity index (χ1) is 7.29. The molecule has 7 heteroatoms. The molecule has 1 aromatic heterocycles. The van der Waals surface area contributed by atoms with Gasteiger partial charge in [-0.05, 0) is 6.07 Å². The van der Waals surface area contributed by atoms with Crippen LogP contribution in [-0.2, 0) is 0 Å². The maximum Gasteiger partial charge on any atom is 0.390 e. The normalized spacial score (nSPS) is 11.6. The molecule has 0 radical (unpaired) electrons. The fraction of sp³-hybridized carbons (Fsp3) is 0.444. The molecule has 0 aliphatic rings. The summed E-state index contributed by atoms with van der Waals surface area (Å²) in [5.41, 5.74) is 5.80. The van der Waals surface area contributed by atoms with Gasteiger partial charge in [0.2, 0.25) is 0 Å². The molecule has 0 atom stereocenters. The van der Waals surface area contributed by atoms with Gasteiger partial charge < -0.3 is 10.6 Å². The SMILES string of the molecule is CN(CCC(F)(F)F)c1ncc(N)cc1Cl. The van der Waals surface area contributed by atoms with Gasteiger partial charge in [0.15, 0.2) is 0 Å². The van der Waals surface area contributed by atoms with Crippen molar-refractivity contribution in [1.82, 2.24) is 4.98 Å². The first kappa shape index (κ1) is 12.9. The average Bonchev–Trinajstić information content (AvgIpc) is 2.13. The highest BCUT2D eigenvalue weighted by Gasteiger charge is 2.27. The van der Waals surface area contributed by atoms with Crippen molar-refractivity contribution in [2.45, 2.75) is 12.6 Å². The molecular weight excluding hydrogens is 243 g/mol. The van der Waals surface area contributed by atoms with E-state index in [0.29, 0.717) is 11.5 Å². The van der Waals surface area contributed by atoms with E-state index >= 15 is 0 Å². The maximum absolute atomic E-state index is 12.0. The van der Waals surface area contributed by atoms with Crippen molar-refractivity contribution in [3.05, 3.63) is 17.3 Å². The highest BCUT2D eigenvalue weighted by molar-refractivity contribution is 6.33. The Morgan fingerprint density at radius 1 is 1.50 bits per heavy atom. The van der Waals surface area contributed by atoms with Crippen LogP contribution in [0.5, 0.6) is 0 Å². The van der Waals surface area contributed by atoms with Crippen molar-refractivity contribution < 1.29 is 13.2 Å². The Kier molecular flexibility index (Phi) is 3.85. The number of aromatic nitrogens is 1. The van der Waals surface area contributed by atoms with E-state index in [2.05, 4.69) is 4.98 Å². The van der Waals surface area contributed by atoms with Gasteiger partial charge in [0.1, 0.15) is 5.82 Å². The smallest absolute Gasteiger partial charge is 0.390 e. The Labute approximate surface area is 96.0 Å². The van der Waals surface area contributed by atoms with Crippen molar-refractivity contribution >= 4 is 23.1 Å². The third-order valence-electron chi connectivity index (χ3n) is 1.94. The van der Waals surface area contributed by atoms with E-state index in [1.807, 2.05) is 0 Å². The minimum absolute atomic E-state index is 0.194. The number of hydrogen-bond donors (Lipinski definition) is 1. The van der Waals surface area contributed by atoms with Gasteiger partial charge >= 0.3 is 6.18 Å². The van der Waals surface area contributed by atoms with E-state index in [4.69, 9.17) is 17.3 Å². The zero-order valence-electron chi connectivity index (χ0n) is 8.55. The van der Waals surface area contributed by atoms with Crippen LogP contribution < -0.4 is 10.6 Å². The molecule has 1 heterocycles. The summed E-state index contributed by atoms with van der Waals surface area (Å²) in [4.78, 5) is 5.22. The van der Waals surface area contributed by atoms with Crippen molar-refractivity contribution in [3.8, 4) is 0 Å². The summed E-state index contributed by atoms with van der Waals surface area (Å²) >= 11 is 5.81. The number of pyridine rings is 1. The van der Waals surface area contributed by atoms with Crippen LogP contribution in [0.2, 0.25) is 5.02 Å². The van der Waals surface area contributed by atoms with Crippen LogP contribution in [0.25, 0.3) is 0 Å². The standard InChI is InChI=1S/C9H11ClF3N3/c1-16(3-2-9(11,12)13)8-7(10)4-6(14)5-15-8/h4-5H,2-3,14H2,1H3. The molecule has 0 saturated carbocycles. The molecule has 0 aromatic carbocycles. The van der Waals surface area contributed by atoms with E-state index in [9.17, 15) is 13.2 Å². The Morgan fingerprint density at radius 3 is 2.62 bits per heavy atom. The van der Waals surface area contributed by atoms with Crippen LogP contribution in [0.4, 0.5) is 24.7 Å². The van der Waals surface area contributed by atoms with Crippen molar-refractivity contribution in [3.63, 3.8) is 0 Å². The summed E-state index contributed by atoms with van der Waals surface area (Å²) in [7, 11) is 1.50. The Hall–Kier alpha value is -1.17. The van der Waals surface area contributed by atoms with Gasteiger partial charge in [-0.15, -0.1) is 0 Å². The average molecular weight is 254 g/mol. The monoisotopic (exact) mass is 253 g/mol. The molecule has 0 amide bonds. The number of alkyl halides is 3. The van der Waals surface area contributed by atoms with Gasteiger partial charge in [0, 0.05) is 13.6 Å². The minimum atomic E-state index is -4.19. The van der Waals surface area contributed by atoms with Gasteiger partial charge in [-0.25, -0.2) is 4.98 Å². The fourth-order valence-corrected chi connectivity index (χ4v) is 1.45. The lowest BCUT2D eigenvalue weighted by Crippen LogP contribution is -2.25. The molecule has 0 bridgehead atoms. The summed E-state index contributed by atoms with van der Waals surface area (Å²) < 4.78 is 36.0. The molecule has 90 valence electrons. The first-order valence-corrected chi connectivity index (χ1v) is 4.86. The van der Waals surface area contributed by atoms with E-state index in [1.54, 1.807) is 0 Å². The van der Waals surface area contributed by atoms with Gasteiger partial charge in [-0.2, -0.15) is 13.2 Å². The van der Waals surface area contributed by atoms with Crippen LogP contribution in [0.3, 0.4) is 0 Å². The second-order valence-corrected chi connectivity index (χ2v) is 3.77. The highest BCUT2D eigenvalue weighted by atomic mass is 35.5. The zero-order valence-corrected chi connectivity index (χ0v) is 9.31. The summed E-state index contributed by atoms with van der Waals surface area (Å²) in [6.45, 7) is -0.194. The fourth-order valence-electron chi connectivity index (χ4n) is 1.13. The van der Waals surface area contributed by atoms with E-state index in [0.717, 1.165) is 0 Å². The Morgan fingerprint density at radius 2 is 2.12 bits per heavy atom. The number of nitrogen functional groups attached to an aromatic ring is 1. The molecular formula is C9H11ClF3N3. The summed E-state index contributed by atoms with van der Waals surface area (Å²) in [6.07, 6.45) is -3.74. The highest BCUT2D eigenvalue weighted by Crippen LogP contribution is 2.26. The van der Waals surface area contributed by atoms with E-state index in [1.165, 1.54) is 24.2 Å². The van der Waals surface area contributed by atoms with E-state index < -0.39 is 12.6 Å². The number of nitrogens with two attached hydrogens (primary N) is 1. The number of hydrogen-bond acceptors (Lipinski definition) is 3. The number of halogens is 4. The van der Waals surface area contributed by atoms with Crippen LogP contribution in [0.1, 0.15) is 6.42 Å². The second-order valence-electron chi connectivity index (χ2n) is 3.36. The second kappa shape index (κ2) is 4.78. The molecule has 1 rings (SSSR count). The van der Waals surface area contributed by atoms with Gasteiger partial charge in [0.25, 0.3) is 0 Å². The summed E-state index contributed by atoms with van der Waals surface area (Å²) in [6, 6.07) is 1.45. The van der Waals surface area contributed by atoms with Crippen molar-refractivity contribution in [1.29, 1.82) is 0 Å². The molecule has 0 aliphatic heterocycles. The zero-order chi connectivity index (χ0) is 12.3. The Bertz CT molecular complexity index is 368. The summed E-state index contributed by atoms with van der Waals surface area (Å²) in [5, 5.41) is 0.240. The topological polar surface area (TPSA) is 42.2 Å². The largest absolute Gasteiger partial charge is 0.397 e. The third kappa shape index (κ3) is 3.77. The lowest BCUT2D eigenvalue weighted by atomic mass is 10.3. The predicted molar refractivity (Wildman–Crippen MR) is 57.6 cm³/mol. The minimum Gasteiger partial charge on any atom is -0.397 e. The molecule has 3 nitrogen and oxygen atoms in total. The predicted octanol–water partition coefficient (Wildman–Crippen LogP) is 2.71.